The van der Waals surface area contributed by atoms with E-state index < -0.39 is 30.2 Å². The van der Waals surface area contributed by atoms with Gasteiger partial charge in [-0.15, -0.1) is 0 Å². The maximum atomic E-state index is 13.5. The van der Waals surface area contributed by atoms with Gasteiger partial charge in [-0.05, 0) is 25.1 Å². The normalized spacial score (nSPS) is 10.4. The number of ether oxygens (including phenoxy) is 1. The number of para-hydroxylation sites is 1. The molecule has 8 heteroatoms. The number of carbonyl (C=O) groups is 3. The van der Waals surface area contributed by atoms with Gasteiger partial charge in [-0.25, -0.2) is 9.18 Å². The molecule has 2 amide bonds. The first kappa shape index (κ1) is 18.1. The molecule has 1 heterocycles. The molecule has 0 atom stereocenters. The average molecular weight is 370 g/mol. The maximum absolute atomic E-state index is 13.5. The third-order valence-corrected chi connectivity index (χ3v) is 3.80. The number of halogens is 1. The summed E-state index contributed by atoms with van der Waals surface area (Å²) in [6.07, 6.45) is 0. The smallest absolute Gasteiger partial charge is 0.375 e. The van der Waals surface area contributed by atoms with Crippen LogP contribution in [-0.4, -0.2) is 24.4 Å². The summed E-state index contributed by atoms with van der Waals surface area (Å²) in [7, 11) is 0. The molecule has 0 saturated carbocycles. The number of hydrogen-bond donors (Lipinski definition) is 2. The Morgan fingerprint density at radius 1 is 1.04 bits per heavy atom. The van der Waals surface area contributed by atoms with Gasteiger partial charge < -0.3 is 9.15 Å². The Morgan fingerprint density at radius 2 is 1.74 bits per heavy atom. The van der Waals surface area contributed by atoms with E-state index in [0.29, 0.717) is 11.1 Å². The van der Waals surface area contributed by atoms with Gasteiger partial charge in [0.2, 0.25) is 5.76 Å². The molecular formula is C19H15FN2O5. The van der Waals surface area contributed by atoms with Crippen molar-refractivity contribution in [1.82, 2.24) is 10.9 Å². The highest BCUT2D eigenvalue weighted by Crippen LogP contribution is 2.25. The van der Waals surface area contributed by atoms with Gasteiger partial charge in [0, 0.05) is 10.9 Å². The first-order valence-corrected chi connectivity index (χ1v) is 7.96. The number of fused-ring (bicyclic) bond motifs is 1. The predicted molar refractivity (Wildman–Crippen MR) is 93.2 cm³/mol. The summed E-state index contributed by atoms with van der Waals surface area (Å²) >= 11 is 0. The molecule has 0 aliphatic carbocycles. The summed E-state index contributed by atoms with van der Waals surface area (Å²) in [4.78, 5) is 35.6. The fourth-order valence-electron chi connectivity index (χ4n) is 2.44. The van der Waals surface area contributed by atoms with Crippen molar-refractivity contribution in [2.75, 3.05) is 6.61 Å². The van der Waals surface area contributed by atoms with Crippen LogP contribution in [0.25, 0.3) is 11.0 Å². The van der Waals surface area contributed by atoms with E-state index >= 15 is 0 Å². The lowest BCUT2D eigenvalue weighted by Crippen LogP contribution is -2.43. The van der Waals surface area contributed by atoms with E-state index in [0.717, 1.165) is 11.5 Å². The van der Waals surface area contributed by atoms with E-state index in [9.17, 15) is 18.8 Å². The van der Waals surface area contributed by atoms with E-state index in [4.69, 9.17) is 9.15 Å². The summed E-state index contributed by atoms with van der Waals surface area (Å²) in [5.41, 5.74) is 4.99. The molecule has 0 fully saturated rings. The van der Waals surface area contributed by atoms with Crippen molar-refractivity contribution in [2.45, 2.75) is 6.92 Å². The van der Waals surface area contributed by atoms with E-state index in [1.165, 1.54) is 18.2 Å². The number of rotatable bonds is 4. The Kier molecular flexibility index (Phi) is 5.16. The van der Waals surface area contributed by atoms with Crippen LogP contribution in [0.1, 0.15) is 26.5 Å². The molecule has 7 nitrogen and oxygen atoms in total. The average Bonchev–Trinajstić information content (AvgIpc) is 3.01. The van der Waals surface area contributed by atoms with Crippen molar-refractivity contribution in [3.05, 3.63) is 71.2 Å². The van der Waals surface area contributed by atoms with Crippen molar-refractivity contribution in [1.29, 1.82) is 0 Å². The second-order valence-electron chi connectivity index (χ2n) is 5.61. The first-order chi connectivity index (χ1) is 13.0. The molecule has 0 spiro atoms. The lowest BCUT2D eigenvalue weighted by atomic mass is 10.1. The molecule has 138 valence electrons. The van der Waals surface area contributed by atoms with Crippen LogP contribution in [0.3, 0.4) is 0 Å². The Labute approximate surface area is 153 Å². The Bertz CT molecular complexity index is 1030. The van der Waals surface area contributed by atoms with Crippen LogP contribution in [0, 0.1) is 12.7 Å². The molecule has 1 aromatic heterocycles. The van der Waals surface area contributed by atoms with Crippen LogP contribution in [0.15, 0.2) is 52.9 Å². The lowest BCUT2D eigenvalue weighted by molar-refractivity contribution is -0.125. The minimum atomic E-state index is -0.832. The van der Waals surface area contributed by atoms with Crippen LogP contribution < -0.4 is 10.9 Å². The highest BCUT2D eigenvalue weighted by molar-refractivity contribution is 5.97. The van der Waals surface area contributed by atoms with Gasteiger partial charge in [0.05, 0.1) is 5.56 Å². The monoisotopic (exact) mass is 370 g/mol. The number of esters is 1. The van der Waals surface area contributed by atoms with Crippen molar-refractivity contribution in [3.8, 4) is 0 Å². The van der Waals surface area contributed by atoms with Gasteiger partial charge in [0.15, 0.2) is 6.61 Å². The molecule has 0 unspecified atom stereocenters. The molecule has 27 heavy (non-hydrogen) atoms. The highest BCUT2D eigenvalue weighted by Gasteiger charge is 2.20. The van der Waals surface area contributed by atoms with E-state index in [-0.39, 0.29) is 11.3 Å². The van der Waals surface area contributed by atoms with Crippen LogP contribution in [0.2, 0.25) is 0 Å². The molecule has 3 aromatic rings. The number of amides is 2. The Balaban J connectivity index is 1.54. The molecule has 0 aliphatic heterocycles. The SMILES string of the molecule is Cc1c(C(=O)OCC(=O)NNC(=O)c2ccccc2F)oc2ccccc12. The highest BCUT2D eigenvalue weighted by atomic mass is 19.1. The third-order valence-electron chi connectivity index (χ3n) is 3.80. The number of hydrazine groups is 1. The van der Waals surface area contributed by atoms with E-state index in [1.54, 1.807) is 25.1 Å². The second-order valence-corrected chi connectivity index (χ2v) is 5.61. The molecule has 2 N–H and O–H groups in total. The quantitative estimate of drug-likeness (QED) is 0.543. The second kappa shape index (κ2) is 7.69. The summed E-state index contributed by atoms with van der Waals surface area (Å²) in [5, 5.41) is 0.769. The summed E-state index contributed by atoms with van der Waals surface area (Å²) in [5.74, 6) is -3.16. The number of nitrogens with one attached hydrogen (secondary N) is 2. The van der Waals surface area contributed by atoms with Crippen LogP contribution >= 0.6 is 0 Å². The first-order valence-electron chi connectivity index (χ1n) is 7.96. The van der Waals surface area contributed by atoms with Gasteiger partial charge in [-0.1, -0.05) is 30.3 Å². The Hall–Kier alpha value is -3.68. The third kappa shape index (κ3) is 3.95. The van der Waals surface area contributed by atoms with Crippen molar-refractivity contribution >= 4 is 28.8 Å². The molecular weight excluding hydrogens is 355 g/mol. The van der Waals surface area contributed by atoms with Gasteiger partial charge in [-0.3, -0.25) is 20.4 Å². The lowest BCUT2D eigenvalue weighted by Gasteiger charge is -2.08. The largest absolute Gasteiger partial charge is 0.450 e. The number of hydrogen-bond acceptors (Lipinski definition) is 5. The predicted octanol–water partition coefficient (Wildman–Crippen LogP) is 2.50. The molecule has 0 saturated heterocycles. The fourth-order valence-corrected chi connectivity index (χ4v) is 2.44. The van der Waals surface area contributed by atoms with Crippen LogP contribution in [-0.2, 0) is 9.53 Å². The zero-order chi connectivity index (χ0) is 19.4. The minimum absolute atomic E-state index is 0.000563. The van der Waals surface area contributed by atoms with Gasteiger partial charge >= 0.3 is 5.97 Å². The van der Waals surface area contributed by atoms with Crippen molar-refractivity contribution in [3.63, 3.8) is 0 Å². The summed E-state index contributed by atoms with van der Waals surface area (Å²) in [6, 6.07) is 12.4. The molecule has 3 rings (SSSR count). The van der Waals surface area contributed by atoms with Crippen LogP contribution in [0.4, 0.5) is 4.39 Å². The molecule has 0 radical (unpaired) electrons. The topological polar surface area (TPSA) is 97.6 Å². The van der Waals surface area contributed by atoms with E-state index in [1.807, 2.05) is 16.9 Å². The number of aryl methyl sites for hydroxylation is 1. The summed E-state index contributed by atoms with van der Waals surface area (Å²) < 4.78 is 23.8. The standard InChI is InChI=1S/C19H15FN2O5/c1-11-12-6-3-5-9-15(12)27-17(11)19(25)26-10-16(23)21-22-18(24)13-7-2-4-8-14(13)20/h2-9H,10H2,1H3,(H,21,23)(H,22,24). The van der Waals surface area contributed by atoms with Gasteiger partial charge in [-0.2, -0.15) is 0 Å². The molecule has 2 aromatic carbocycles. The zero-order valence-corrected chi connectivity index (χ0v) is 14.2. The number of furan rings is 1. The van der Waals surface area contributed by atoms with Crippen LogP contribution in [0.5, 0.6) is 0 Å². The maximum Gasteiger partial charge on any atom is 0.375 e. The van der Waals surface area contributed by atoms with Gasteiger partial charge in [0.1, 0.15) is 11.4 Å². The van der Waals surface area contributed by atoms with Crippen molar-refractivity contribution < 1.29 is 27.9 Å². The molecule has 0 bridgehead atoms. The number of benzene rings is 2. The minimum Gasteiger partial charge on any atom is -0.450 e. The molecule has 0 aliphatic rings. The summed E-state index contributed by atoms with van der Waals surface area (Å²) in [6.45, 7) is 1.06. The Morgan fingerprint density at radius 3 is 2.48 bits per heavy atom. The zero-order valence-electron chi connectivity index (χ0n) is 14.2. The van der Waals surface area contributed by atoms with E-state index in [2.05, 4.69) is 0 Å². The fraction of sp³-hybridized carbons (Fsp3) is 0.105. The van der Waals surface area contributed by atoms with Crippen molar-refractivity contribution in [2.24, 2.45) is 0 Å². The van der Waals surface area contributed by atoms with Gasteiger partial charge in [0.25, 0.3) is 11.8 Å². The number of carbonyl (C=O) groups excluding carboxylic acids is 3.